The Morgan fingerprint density at radius 1 is 1.26 bits per heavy atom. The normalized spacial score (nSPS) is 11.3. The Balaban J connectivity index is 1.97. The molecule has 0 radical (unpaired) electrons. The maximum absolute atomic E-state index is 13.0. The van der Waals surface area contributed by atoms with Gasteiger partial charge < -0.3 is 14.2 Å². The highest BCUT2D eigenvalue weighted by Gasteiger charge is 2.23. The lowest BCUT2D eigenvalue weighted by Crippen LogP contribution is -2.38. The molecule has 2 aromatic heterocycles. The first kappa shape index (κ1) is 22.1. The third kappa shape index (κ3) is 4.96. The maximum Gasteiger partial charge on any atom is 0.359 e. The number of likely N-dealkylation sites (N-methyl/N-ethyl adjacent to an activating group) is 1. The first-order chi connectivity index (χ1) is 14.8. The summed E-state index contributed by atoms with van der Waals surface area (Å²) in [5.74, 6) is -0.341. The lowest BCUT2D eigenvalue weighted by atomic mass is 10.1. The van der Waals surface area contributed by atoms with Crippen molar-refractivity contribution in [2.24, 2.45) is 0 Å². The van der Waals surface area contributed by atoms with Crippen LogP contribution in [-0.4, -0.2) is 65.0 Å². The Hall–Kier alpha value is -3.55. The molecular weight excluding hydrogens is 400 g/mol. The van der Waals surface area contributed by atoms with Crippen molar-refractivity contribution in [3.05, 3.63) is 57.2 Å². The number of carbonyl (C=O) groups excluding carboxylic acids is 1. The minimum absolute atomic E-state index is 0.0122. The van der Waals surface area contributed by atoms with Crippen molar-refractivity contribution >= 4 is 16.9 Å². The Kier molecular flexibility index (Phi) is 6.79. The van der Waals surface area contributed by atoms with Crippen LogP contribution in [0, 0.1) is 18.3 Å². The van der Waals surface area contributed by atoms with Crippen LogP contribution in [0.25, 0.3) is 10.9 Å². The van der Waals surface area contributed by atoms with Gasteiger partial charge in [-0.25, -0.2) is 9.48 Å². The third-order valence-corrected chi connectivity index (χ3v) is 4.82. The molecule has 0 aliphatic rings. The molecule has 0 saturated heterocycles. The molecule has 10 heteroatoms. The second-order valence-corrected chi connectivity index (χ2v) is 7.41. The van der Waals surface area contributed by atoms with Crippen LogP contribution in [-0.2, 0) is 18.0 Å². The summed E-state index contributed by atoms with van der Waals surface area (Å²) in [6.07, 6.45) is 0. The largest absolute Gasteiger partial charge is 0.464 e. The monoisotopic (exact) mass is 424 g/mol. The zero-order valence-electron chi connectivity index (χ0n) is 18.0. The summed E-state index contributed by atoms with van der Waals surface area (Å²) in [6.45, 7) is 3.67. The Labute approximate surface area is 179 Å². The molecule has 0 aliphatic carbocycles. The van der Waals surface area contributed by atoms with E-state index in [1.54, 1.807) is 19.1 Å². The van der Waals surface area contributed by atoms with E-state index in [4.69, 9.17) is 14.5 Å². The topological polar surface area (TPSA) is 117 Å². The Morgan fingerprint density at radius 2 is 1.97 bits per heavy atom. The van der Waals surface area contributed by atoms with Gasteiger partial charge in [0, 0.05) is 19.6 Å². The van der Waals surface area contributed by atoms with E-state index in [1.165, 1.54) is 11.8 Å². The van der Waals surface area contributed by atoms with Crippen LogP contribution < -0.4 is 5.56 Å². The van der Waals surface area contributed by atoms with Crippen LogP contribution >= 0.6 is 0 Å². The van der Waals surface area contributed by atoms with Gasteiger partial charge in [0.05, 0.1) is 30.8 Å². The predicted octanol–water partition coefficient (Wildman–Crippen LogP) is 1.37. The van der Waals surface area contributed by atoms with Crippen LogP contribution in [0.15, 0.2) is 33.6 Å². The molecule has 0 atom stereocenters. The van der Waals surface area contributed by atoms with Crippen molar-refractivity contribution < 1.29 is 14.1 Å². The molecule has 0 spiro atoms. The SMILES string of the molecule is COC(=O)c1nn(CN(CCN(C)C)Cc2ccc(C#N)cc2)c(=O)c2noc(C)c12. The zero-order chi connectivity index (χ0) is 22.5. The van der Waals surface area contributed by atoms with Crippen LogP contribution in [0.3, 0.4) is 0 Å². The van der Waals surface area contributed by atoms with Crippen LogP contribution in [0.5, 0.6) is 0 Å². The number of nitriles is 1. The lowest BCUT2D eigenvalue weighted by molar-refractivity contribution is 0.0591. The molecule has 3 rings (SSSR count). The number of ether oxygens (including phenoxy) is 1. The molecular formula is C21H24N6O4. The molecule has 0 amide bonds. The first-order valence-electron chi connectivity index (χ1n) is 9.65. The summed E-state index contributed by atoms with van der Waals surface area (Å²) >= 11 is 0. The number of fused-ring (bicyclic) bond motifs is 1. The van der Waals surface area contributed by atoms with Gasteiger partial charge in [-0.3, -0.25) is 9.69 Å². The van der Waals surface area contributed by atoms with E-state index in [0.717, 1.165) is 12.1 Å². The van der Waals surface area contributed by atoms with Gasteiger partial charge in [0.1, 0.15) is 5.76 Å². The summed E-state index contributed by atoms with van der Waals surface area (Å²) in [5.41, 5.74) is 1.14. The van der Waals surface area contributed by atoms with E-state index in [2.05, 4.69) is 16.3 Å². The summed E-state index contributed by atoms with van der Waals surface area (Å²) in [4.78, 5) is 29.3. The minimum atomic E-state index is -0.669. The van der Waals surface area contributed by atoms with E-state index in [1.807, 2.05) is 36.0 Å². The van der Waals surface area contributed by atoms with Gasteiger partial charge in [0.25, 0.3) is 5.56 Å². The van der Waals surface area contributed by atoms with Gasteiger partial charge in [-0.1, -0.05) is 17.3 Å². The van der Waals surface area contributed by atoms with E-state index >= 15 is 0 Å². The third-order valence-electron chi connectivity index (χ3n) is 4.82. The van der Waals surface area contributed by atoms with Crippen molar-refractivity contribution in [2.75, 3.05) is 34.3 Å². The van der Waals surface area contributed by atoms with Gasteiger partial charge in [-0.2, -0.15) is 10.4 Å². The van der Waals surface area contributed by atoms with E-state index in [-0.39, 0.29) is 23.3 Å². The molecule has 0 bridgehead atoms. The number of methoxy groups -OCH3 is 1. The number of nitrogens with zero attached hydrogens (tertiary/aromatic N) is 6. The second kappa shape index (κ2) is 9.51. The first-order valence-corrected chi connectivity index (χ1v) is 9.65. The molecule has 0 fully saturated rings. The number of aromatic nitrogens is 3. The molecule has 0 unspecified atom stereocenters. The summed E-state index contributed by atoms with van der Waals surface area (Å²) < 4.78 is 11.2. The Morgan fingerprint density at radius 3 is 2.58 bits per heavy atom. The Bertz CT molecular complexity index is 1170. The van der Waals surface area contributed by atoms with E-state index in [0.29, 0.717) is 24.4 Å². The van der Waals surface area contributed by atoms with Crippen LogP contribution in [0.4, 0.5) is 0 Å². The molecule has 2 heterocycles. The molecule has 3 aromatic rings. The number of carbonyl (C=O) groups is 1. The molecule has 1 aromatic carbocycles. The van der Waals surface area contributed by atoms with E-state index < -0.39 is 11.5 Å². The van der Waals surface area contributed by atoms with Crippen molar-refractivity contribution in [1.29, 1.82) is 5.26 Å². The molecule has 0 aliphatic heterocycles. The zero-order valence-corrected chi connectivity index (χ0v) is 18.0. The number of hydrogen-bond donors (Lipinski definition) is 0. The minimum Gasteiger partial charge on any atom is -0.464 e. The average molecular weight is 424 g/mol. The van der Waals surface area contributed by atoms with Gasteiger partial charge in [0.2, 0.25) is 0 Å². The highest BCUT2D eigenvalue weighted by molar-refractivity contribution is 6.01. The van der Waals surface area contributed by atoms with Gasteiger partial charge in [-0.05, 0) is 38.7 Å². The number of esters is 1. The van der Waals surface area contributed by atoms with Crippen molar-refractivity contribution in [3.8, 4) is 6.07 Å². The van der Waals surface area contributed by atoms with Gasteiger partial charge in [0.15, 0.2) is 11.2 Å². The number of aryl methyl sites for hydroxylation is 1. The summed E-state index contributed by atoms with van der Waals surface area (Å²) in [7, 11) is 5.18. The van der Waals surface area contributed by atoms with Crippen molar-refractivity contribution in [2.45, 2.75) is 20.1 Å². The smallest absolute Gasteiger partial charge is 0.359 e. The standard InChI is InChI=1S/C21H24N6O4/c1-14-17-18(24-31-14)20(28)27(23-19(17)21(29)30-4)13-26(10-9-25(2)3)12-16-7-5-15(11-22)6-8-16/h5-8H,9-10,12-13H2,1-4H3. The fourth-order valence-electron chi connectivity index (χ4n) is 3.14. The quantitative estimate of drug-likeness (QED) is 0.494. The van der Waals surface area contributed by atoms with Gasteiger partial charge >= 0.3 is 5.97 Å². The number of benzene rings is 1. The van der Waals surface area contributed by atoms with E-state index in [9.17, 15) is 9.59 Å². The molecule has 10 nitrogen and oxygen atoms in total. The van der Waals surface area contributed by atoms with Crippen molar-refractivity contribution in [3.63, 3.8) is 0 Å². The maximum atomic E-state index is 13.0. The molecule has 0 N–H and O–H groups in total. The lowest BCUT2D eigenvalue weighted by Gasteiger charge is -2.24. The highest BCUT2D eigenvalue weighted by Crippen LogP contribution is 2.18. The average Bonchev–Trinajstić information content (AvgIpc) is 3.15. The highest BCUT2D eigenvalue weighted by atomic mass is 16.5. The fraction of sp³-hybridized carbons (Fsp3) is 0.381. The predicted molar refractivity (Wildman–Crippen MR) is 112 cm³/mol. The fourth-order valence-corrected chi connectivity index (χ4v) is 3.14. The second-order valence-electron chi connectivity index (χ2n) is 7.41. The summed E-state index contributed by atoms with van der Waals surface area (Å²) in [5, 5.41) is 17.4. The number of hydrogen-bond acceptors (Lipinski definition) is 9. The molecule has 31 heavy (non-hydrogen) atoms. The number of rotatable bonds is 8. The molecule has 162 valence electrons. The van der Waals surface area contributed by atoms with Crippen LogP contribution in [0.1, 0.15) is 27.4 Å². The van der Waals surface area contributed by atoms with Crippen molar-refractivity contribution in [1.82, 2.24) is 24.7 Å². The molecule has 0 saturated carbocycles. The van der Waals surface area contributed by atoms with Crippen LogP contribution in [0.2, 0.25) is 0 Å². The van der Waals surface area contributed by atoms with Gasteiger partial charge in [-0.15, -0.1) is 0 Å². The summed E-state index contributed by atoms with van der Waals surface area (Å²) in [6, 6.07) is 9.36.